The largest absolute Gasteiger partial charge is 0.303 e. The molecule has 18 heavy (non-hydrogen) atoms. The third kappa shape index (κ3) is 3.34. The van der Waals surface area contributed by atoms with Crippen molar-refractivity contribution < 1.29 is 4.79 Å². The van der Waals surface area contributed by atoms with E-state index in [1.54, 1.807) is 0 Å². The second-order valence-corrected chi connectivity index (χ2v) is 7.47. The molecule has 0 N–H and O–H groups in total. The number of rotatable bonds is 3. The lowest BCUT2D eigenvalue weighted by Gasteiger charge is -2.39. The summed E-state index contributed by atoms with van der Waals surface area (Å²) in [6.07, 6.45) is 9.29. The molecule has 0 bridgehead atoms. The molecule has 2 heteroatoms. The van der Waals surface area contributed by atoms with Gasteiger partial charge in [-0.05, 0) is 44.2 Å². The Labute approximate surface area is 112 Å². The monoisotopic (exact) mass is 251 g/mol. The quantitative estimate of drug-likeness (QED) is 0.763. The standard InChI is InChI=1S/C16H29NO/c1-15(2,3)14(18)6-11-17-12-9-16(10-13-17)7-4-5-8-16/h4-13H2,1-3H3. The van der Waals surface area contributed by atoms with Crippen LogP contribution in [0.5, 0.6) is 0 Å². The second kappa shape index (κ2) is 5.32. The van der Waals surface area contributed by atoms with Crippen molar-refractivity contribution in [3.05, 3.63) is 0 Å². The van der Waals surface area contributed by atoms with Gasteiger partial charge in [0, 0.05) is 18.4 Å². The molecule has 2 fully saturated rings. The van der Waals surface area contributed by atoms with Crippen molar-refractivity contribution >= 4 is 5.78 Å². The van der Waals surface area contributed by atoms with E-state index in [1.807, 2.05) is 20.8 Å². The van der Waals surface area contributed by atoms with E-state index in [9.17, 15) is 4.79 Å². The Kier molecular flexibility index (Phi) is 4.15. The average Bonchev–Trinajstić information content (AvgIpc) is 2.75. The fraction of sp³-hybridized carbons (Fsp3) is 0.938. The van der Waals surface area contributed by atoms with Crippen molar-refractivity contribution in [1.29, 1.82) is 0 Å². The Bertz CT molecular complexity index is 287. The van der Waals surface area contributed by atoms with Crippen molar-refractivity contribution in [2.24, 2.45) is 10.8 Å². The summed E-state index contributed by atoms with van der Waals surface area (Å²) >= 11 is 0. The van der Waals surface area contributed by atoms with Crippen LogP contribution in [0.15, 0.2) is 0 Å². The zero-order chi connectivity index (χ0) is 13.2. The summed E-state index contributed by atoms with van der Waals surface area (Å²) in [7, 11) is 0. The minimum Gasteiger partial charge on any atom is -0.303 e. The van der Waals surface area contributed by atoms with Gasteiger partial charge in [0.2, 0.25) is 0 Å². The zero-order valence-electron chi connectivity index (χ0n) is 12.4. The van der Waals surface area contributed by atoms with Crippen LogP contribution in [0.1, 0.15) is 65.7 Å². The van der Waals surface area contributed by atoms with E-state index < -0.39 is 0 Å². The molecule has 0 amide bonds. The molecule has 0 aromatic carbocycles. The Morgan fingerprint density at radius 3 is 2.11 bits per heavy atom. The lowest BCUT2D eigenvalue weighted by Crippen LogP contribution is -2.40. The van der Waals surface area contributed by atoms with Gasteiger partial charge in [0.05, 0.1) is 0 Å². The molecule has 1 heterocycles. The van der Waals surface area contributed by atoms with Crippen LogP contribution in [-0.4, -0.2) is 30.3 Å². The molecule has 1 saturated carbocycles. The third-order valence-corrected chi connectivity index (χ3v) is 5.07. The SMILES string of the molecule is CC(C)(C)C(=O)CCN1CCC2(CCCC2)CC1. The summed E-state index contributed by atoms with van der Waals surface area (Å²) in [4.78, 5) is 14.4. The van der Waals surface area contributed by atoms with Crippen LogP contribution in [0.3, 0.4) is 0 Å². The van der Waals surface area contributed by atoms with Crippen LogP contribution in [0.2, 0.25) is 0 Å². The van der Waals surface area contributed by atoms with Crippen molar-refractivity contribution in [2.75, 3.05) is 19.6 Å². The van der Waals surface area contributed by atoms with Gasteiger partial charge in [0.1, 0.15) is 5.78 Å². The highest BCUT2D eigenvalue weighted by molar-refractivity contribution is 5.83. The van der Waals surface area contributed by atoms with Gasteiger partial charge in [-0.1, -0.05) is 33.6 Å². The molecule has 0 radical (unpaired) electrons. The first kappa shape index (κ1) is 14.0. The molecule has 0 aromatic heterocycles. The van der Waals surface area contributed by atoms with E-state index in [1.165, 1.54) is 51.6 Å². The van der Waals surface area contributed by atoms with Crippen LogP contribution >= 0.6 is 0 Å². The van der Waals surface area contributed by atoms with Crippen LogP contribution in [-0.2, 0) is 4.79 Å². The number of hydrogen-bond donors (Lipinski definition) is 0. The van der Waals surface area contributed by atoms with E-state index in [4.69, 9.17) is 0 Å². The first-order valence-corrected chi connectivity index (χ1v) is 7.67. The van der Waals surface area contributed by atoms with Gasteiger partial charge in [-0.2, -0.15) is 0 Å². The van der Waals surface area contributed by atoms with E-state index >= 15 is 0 Å². The molecule has 104 valence electrons. The van der Waals surface area contributed by atoms with Crippen LogP contribution in [0.4, 0.5) is 0 Å². The molecule has 2 rings (SSSR count). The predicted octanol–water partition coefficient (Wildman–Crippen LogP) is 3.65. The fourth-order valence-corrected chi connectivity index (χ4v) is 3.51. The first-order valence-electron chi connectivity index (χ1n) is 7.67. The van der Waals surface area contributed by atoms with Gasteiger partial charge >= 0.3 is 0 Å². The Morgan fingerprint density at radius 2 is 1.61 bits per heavy atom. The van der Waals surface area contributed by atoms with Gasteiger partial charge in [0.15, 0.2) is 0 Å². The van der Waals surface area contributed by atoms with Crippen molar-refractivity contribution in [2.45, 2.75) is 65.7 Å². The smallest absolute Gasteiger partial charge is 0.139 e. The summed E-state index contributed by atoms with van der Waals surface area (Å²) in [6.45, 7) is 9.50. The molecule has 1 saturated heterocycles. The highest BCUT2D eigenvalue weighted by Crippen LogP contribution is 2.46. The number of hydrogen-bond acceptors (Lipinski definition) is 2. The van der Waals surface area contributed by atoms with Crippen LogP contribution in [0.25, 0.3) is 0 Å². The topological polar surface area (TPSA) is 20.3 Å². The molecule has 1 aliphatic carbocycles. The highest BCUT2D eigenvalue weighted by Gasteiger charge is 2.36. The Hall–Kier alpha value is -0.370. The molecule has 1 spiro atoms. The molecule has 1 aliphatic heterocycles. The van der Waals surface area contributed by atoms with Gasteiger partial charge in [-0.15, -0.1) is 0 Å². The average molecular weight is 251 g/mol. The first-order chi connectivity index (χ1) is 8.41. The van der Waals surface area contributed by atoms with E-state index in [0.717, 1.165) is 13.0 Å². The maximum Gasteiger partial charge on any atom is 0.139 e. The summed E-state index contributed by atoms with van der Waals surface area (Å²) in [5, 5.41) is 0. The molecule has 2 nitrogen and oxygen atoms in total. The van der Waals surface area contributed by atoms with E-state index in [0.29, 0.717) is 11.2 Å². The minimum atomic E-state index is -0.164. The summed E-state index contributed by atoms with van der Waals surface area (Å²) in [5.41, 5.74) is 0.535. The lowest BCUT2D eigenvalue weighted by atomic mass is 9.77. The van der Waals surface area contributed by atoms with Crippen molar-refractivity contribution in [3.63, 3.8) is 0 Å². The highest BCUT2D eigenvalue weighted by atomic mass is 16.1. The number of carbonyl (C=O) groups excluding carboxylic acids is 1. The molecule has 0 aromatic rings. The third-order valence-electron chi connectivity index (χ3n) is 5.07. The van der Waals surface area contributed by atoms with E-state index in [-0.39, 0.29) is 5.41 Å². The number of carbonyl (C=O) groups is 1. The van der Waals surface area contributed by atoms with Crippen LogP contribution in [0, 0.1) is 10.8 Å². The number of ketones is 1. The normalized spacial score (nSPS) is 24.6. The fourth-order valence-electron chi connectivity index (χ4n) is 3.51. The van der Waals surface area contributed by atoms with Gasteiger partial charge in [-0.25, -0.2) is 0 Å². The summed E-state index contributed by atoms with van der Waals surface area (Å²) in [6, 6.07) is 0. The maximum atomic E-state index is 11.9. The Balaban J connectivity index is 1.72. The van der Waals surface area contributed by atoms with Gasteiger partial charge in [-0.3, -0.25) is 4.79 Å². The second-order valence-electron chi connectivity index (χ2n) is 7.47. The van der Waals surface area contributed by atoms with Crippen molar-refractivity contribution in [1.82, 2.24) is 4.90 Å². The summed E-state index contributed by atoms with van der Waals surface area (Å²) < 4.78 is 0. The lowest BCUT2D eigenvalue weighted by molar-refractivity contribution is -0.126. The van der Waals surface area contributed by atoms with Gasteiger partial charge < -0.3 is 4.90 Å². The number of Topliss-reactive ketones (excluding diaryl/α,β-unsaturated/α-hetero) is 1. The predicted molar refractivity (Wildman–Crippen MR) is 75.7 cm³/mol. The van der Waals surface area contributed by atoms with Crippen molar-refractivity contribution in [3.8, 4) is 0 Å². The zero-order valence-corrected chi connectivity index (χ0v) is 12.4. The molecular weight excluding hydrogens is 222 g/mol. The maximum absolute atomic E-state index is 11.9. The van der Waals surface area contributed by atoms with Gasteiger partial charge in [0.25, 0.3) is 0 Å². The number of piperidine rings is 1. The Morgan fingerprint density at radius 1 is 1.06 bits per heavy atom. The minimum absolute atomic E-state index is 0.164. The molecule has 2 aliphatic rings. The number of likely N-dealkylation sites (tertiary alicyclic amines) is 1. The van der Waals surface area contributed by atoms with E-state index in [2.05, 4.69) is 4.90 Å². The summed E-state index contributed by atoms with van der Waals surface area (Å²) in [5.74, 6) is 0.406. The molecule has 0 unspecified atom stereocenters. The van der Waals surface area contributed by atoms with Crippen LogP contribution < -0.4 is 0 Å². The molecule has 0 atom stereocenters. The number of nitrogens with zero attached hydrogens (tertiary/aromatic N) is 1. The molecular formula is C16H29NO.